The maximum absolute atomic E-state index is 13.0. The van der Waals surface area contributed by atoms with Gasteiger partial charge in [-0.25, -0.2) is 4.98 Å². The number of nitrogens with one attached hydrogen (secondary N) is 3. The van der Waals surface area contributed by atoms with Crippen molar-refractivity contribution in [3.8, 4) is 11.4 Å². The van der Waals surface area contributed by atoms with Crippen LogP contribution in [0.1, 0.15) is 37.8 Å². The van der Waals surface area contributed by atoms with Crippen LogP contribution in [0.25, 0.3) is 22.3 Å². The molecule has 31 heavy (non-hydrogen) atoms. The molecule has 0 saturated carbocycles. The number of imidazole rings is 1. The minimum atomic E-state index is -4.56. The maximum atomic E-state index is 13.0. The van der Waals surface area contributed by atoms with Gasteiger partial charge >= 0.3 is 6.18 Å². The number of benzene rings is 1. The van der Waals surface area contributed by atoms with E-state index in [1.807, 2.05) is 32.0 Å². The van der Waals surface area contributed by atoms with E-state index in [-0.39, 0.29) is 23.5 Å². The lowest BCUT2D eigenvalue weighted by molar-refractivity contribution is -0.144. The maximum Gasteiger partial charge on any atom is 0.449 e. The molecule has 3 aromatic heterocycles. The Kier molecular flexibility index (Phi) is 5.21. The number of H-pyrrole nitrogens is 2. The van der Waals surface area contributed by atoms with Crippen LogP contribution in [0.15, 0.2) is 30.6 Å². The van der Waals surface area contributed by atoms with E-state index in [4.69, 9.17) is 5.73 Å². The number of fused-ring (bicyclic) bond motifs is 1. The fourth-order valence-electron chi connectivity index (χ4n) is 3.21. The molecule has 1 atom stereocenters. The van der Waals surface area contributed by atoms with Gasteiger partial charge in [0.05, 0.1) is 29.6 Å². The minimum absolute atomic E-state index is 0.0129. The van der Waals surface area contributed by atoms with Gasteiger partial charge < -0.3 is 16.0 Å². The molecule has 0 saturated heterocycles. The number of nitrogens with zero attached hydrogens (tertiary/aromatic N) is 5. The second-order valence-electron chi connectivity index (χ2n) is 7.52. The highest BCUT2D eigenvalue weighted by atomic mass is 19.4. The van der Waals surface area contributed by atoms with Gasteiger partial charge in [0.1, 0.15) is 0 Å². The number of halogens is 3. The van der Waals surface area contributed by atoms with Gasteiger partial charge in [0.15, 0.2) is 5.82 Å². The second-order valence-corrected chi connectivity index (χ2v) is 7.52. The zero-order valence-corrected chi connectivity index (χ0v) is 16.7. The lowest BCUT2D eigenvalue weighted by atomic mass is 10.0. The molecule has 0 fully saturated rings. The zero-order chi connectivity index (χ0) is 22.2. The van der Waals surface area contributed by atoms with E-state index in [0.29, 0.717) is 17.8 Å². The molecule has 9 nitrogen and oxygen atoms in total. The number of alkyl halides is 3. The average Bonchev–Trinajstić information content (AvgIpc) is 3.35. The molecule has 12 heteroatoms. The zero-order valence-electron chi connectivity index (χ0n) is 16.7. The van der Waals surface area contributed by atoms with Crippen molar-refractivity contribution in [2.45, 2.75) is 32.5 Å². The summed E-state index contributed by atoms with van der Waals surface area (Å²) in [5, 5.41) is 10.9. The van der Waals surface area contributed by atoms with Crippen LogP contribution >= 0.6 is 0 Å². The molecule has 0 bridgehead atoms. The lowest BCUT2D eigenvalue weighted by Crippen LogP contribution is -2.17. The van der Waals surface area contributed by atoms with Crippen LogP contribution in [0.4, 0.5) is 25.1 Å². The molecule has 4 rings (SSSR count). The van der Waals surface area contributed by atoms with E-state index in [2.05, 4.69) is 40.4 Å². The van der Waals surface area contributed by atoms with E-state index in [0.717, 1.165) is 10.9 Å². The van der Waals surface area contributed by atoms with Gasteiger partial charge in [-0.05, 0) is 18.4 Å². The molecule has 0 aliphatic heterocycles. The van der Waals surface area contributed by atoms with Crippen molar-refractivity contribution < 1.29 is 13.2 Å². The Bertz CT molecular complexity index is 1200. The predicted molar refractivity (Wildman–Crippen MR) is 109 cm³/mol. The highest BCUT2D eigenvalue weighted by Gasteiger charge is 2.35. The molecule has 1 aromatic carbocycles. The highest BCUT2D eigenvalue weighted by molar-refractivity contribution is 5.82. The van der Waals surface area contributed by atoms with Gasteiger partial charge in [-0.1, -0.05) is 26.0 Å². The number of hydrogen-bond acceptors (Lipinski definition) is 7. The predicted octanol–water partition coefficient (Wildman–Crippen LogP) is 3.94. The number of anilines is 2. The Morgan fingerprint density at radius 2 is 1.94 bits per heavy atom. The van der Waals surface area contributed by atoms with Gasteiger partial charge in [-0.15, -0.1) is 0 Å². The summed E-state index contributed by atoms with van der Waals surface area (Å²) in [6, 6.07) is 4.99. The summed E-state index contributed by atoms with van der Waals surface area (Å²) in [4.78, 5) is 18.5. The molecule has 1 unspecified atom stereocenters. The van der Waals surface area contributed by atoms with Gasteiger partial charge in [0, 0.05) is 10.9 Å². The quantitative estimate of drug-likeness (QED) is 0.363. The van der Waals surface area contributed by atoms with Crippen molar-refractivity contribution in [2.24, 2.45) is 5.92 Å². The van der Waals surface area contributed by atoms with Crippen LogP contribution in [-0.2, 0) is 6.18 Å². The van der Waals surface area contributed by atoms with E-state index >= 15 is 0 Å². The van der Waals surface area contributed by atoms with Crippen LogP contribution < -0.4 is 11.1 Å². The van der Waals surface area contributed by atoms with Crippen LogP contribution in [0.2, 0.25) is 0 Å². The molecule has 3 heterocycles. The summed E-state index contributed by atoms with van der Waals surface area (Å²) in [5.41, 5.74) is 7.65. The fraction of sp³-hybridized carbons (Fsp3) is 0.316. The summed E-state index contributed by atoms with van der Waals surface area (Å²) in [7, 11) is 0. The number of nitrogen functional groups attached to an aromatic ring is 1. The molecule has 0 aliphatic carbocycles. The third kappa shape index (κ3) is 4.57. The Morgan fingerprint density at radius 3 is 2.65 bits per heavy atom. The van der Waals surface area contributed by atoms with Gasteiger partial charge in [-0.2, -0.15) is 33.2 Å². The van der Waals surface area contributed by atoms with Crippen molar-refractivity contribution in [3.63, 3.8) is 0 Å². The summed E-state index contributed by atoms with van der Waals surface area (Å²) < 4.78 is 38.9. The smallest absolute Gasteiger partial charge is 0.368 e. The number of aromatic amines is 2. The summed E-state index contributed by atoms with van der Waals surface area (Å²) in [6.07, 6.45) is -1.18. The fourth-order valence-corrected chi connectivity index (χ4v) is 3.21. The largest absolute Gasteiger partial charge is 0.449 e. The van der Waals surface area contributed by atoms with Crippen LogP contribution in [0.5, 0.6) is 0 Å². The molecule has 0 spiro atoms. The molecule has 0 aliphatic rings. The summed E-state index contributed by atoms with van der Waals surface area (Å²) in [5.74, 6) is -0.407. The Balaban J connectivity index is 1.66. The van der Waals surface area contributed by atoms with Crippen LogP contribution in [0.3, 0.4) is 0 Å². The second kappa shape index (κ2) is 7.85. The van der Waals surface area contributed by atoms with E-state index in [1.165, 1.54) is 6.20 Å². The topological polar surface area (TPSA) is 134 Å². The Hall–Kier alpha value is -3.70. The number of nitrogens with two attached hydrogens (primary N) is 1. The first kappa shape index (κ1) is 20.6. The third-order valence-electron chi connectivity index (χ3n) is 4.60. The third-order valence-corrected chi connectivity index (χ3v) is 4.60. The van der Waals surface area contributed by atoms with Crippen molar-refractivity contribution in [2.75, 3.05) is 11.1 Å². The molecule has 4 aromatic rings. The van der Waals surface area contributed by atoms with Crippen LogP contribution in [0, 0.1) is 5.92 Å². The van der Waals surface area contributed by atoms with Gasteiger partial charge in [-0.3, -0.25) is 5.10 Å². The molecular formula is C19H20F3N9. The highest BCUT2D eigenvalue weighted by Crippen LogP contribution is 2.30. The summed E-state index contributed by atoms with van der Waals surface area (Å²) in [6.45, 7) is 3.92. The first-order chi connectivity index (χ1) is 14.7. The SMILES string of the molecule is CC(C)CC(Nc1nc(N)nc(-c2ccc3cn[nH]c3c2)n1)c1cnc(C(F)(F)F)[nH]1. The molecule has 0 amide bonds. The Labute approximate surface area is 174 Å². The van der Waals surface area contributed by atoms with Crippen molar-refractivity contribution >= 4 is 22.8 Å². The standard InChI is InChI=1S/C19H20F3N9/c1-9(2)5-13(14-8-24-16(26-14)19(20,21)22)27-18-29-15(28-17(23)30-18)10-3-4-11-7-25-31-12(11)6-10/h3-4,6-9,13H,5H2,1-2H3,(H,24,26)(H,25,31)(H3,23,27,28,29,30). The van der Waals surface area contributed by atoms with Gasteiger partial charge in [0.2, 0.25) is 17.7 Å². The summed E-state index contributed by atoms with van der Waals surface area (Å²) >= 11 is 0. The molecule has 5 N–H and O–H groups in total. The number of hydrogen-bond donors (Lipinski definition) is 4. The molecule has 162 valence electrons. The monoisotopic (exact) mass is 431 g/mol. The number of aromatic nitrogens is 7. The van der Waals surface area contributed by atoms with Crippen molar-refractivity contribution in [1.82, 2.24) is 35.1 Å². The minimum Gasteiger partial charge on any atom is -0.368 e. The van der Waals surface area contributed by atoms with E-state index in [1.54, 1.807) is 6.20 Å². The normalized spacial score (nSPS) is 13.1. The Morgan fingerprint density at radius 1 is 1.13 bits per heavy atom. The van der Waals surface area contributed by atoms with Crippen LogP contribution in [-0.4, -0.2) is 35.1 Å². The lowest BCUT2D eigenvalue weighted by Gasteiger charge is -2.19. The first-order valence-electron chi connectivity index (χ1n) is 9.52. The van der Waals surface area contributed by atoms with E-state index < -0.39 is 18.0 Å². The average molecular weight is 431 g/mol. The van der Waals surface area contributed by atoms with Crippen molar-refractivity contribution in [3.05, 3.63) is 42.1 Å². The first-order valence-corrected chi connectivity index (χ1v) is 9.52. The van der Waals surface area contributed by atoms with E-state index in [9.17, 15) is 13.2 Å². The number of rotatable bonds is 6. The molecular weight excluding hydrogens is 411 g/mol. The van der Waals surface area contributed by atoms with Crippen molar-refractivity contribution in [1.29, 1.82) is 0 Å². The van der Waals surface area contributed by atoms with Gasteiger partial charge in [0.25, 0.3) is 0 Å². The molecule has 0 radical (unpaired) electrons.